The minimum atomic E-state index is -5.74. The van der Waals surface area contributed by atoms with E-state index in [1.807, 2.05) is 30.3 Å². The molecule has 0 radical (unpaired) electrons. The van der Waals surface area contributed by atoms with E-state index in [2.05, 4.69) is 15.4 Å². The van der Waals surface area contributed by atoms with Gasteiger partial charge in [-0.2, -0.15) is 21.6 Å². The molecule has 0 saturated carbocycles. The standard InChI is InChI=1S/C14H19F3NO6PS.C8H6/c1-10(19)18-12(9-23-25(2,3)20)8-11-4-6-13(7-5-11)24-26(21,22)14(15,16)17;1-2-8-6-4-3-5-7-8/h4-7,12H,8-9H2,1-3H3,(H,18,19);1,3-7H/t12-;/m1./s1. The Morgan fingerprint density at radius 1 is 1.12 bits per heavy atom. The third-order valence-electron chi connectivity index (χ3n) is 3.83. The summed E-state index contributed by atoms with van der Waals surface area (Å²) in [4.78, 5) is 11.2. The monoisotopic (exact) mass is 519 g/mol. The Kier molecular flexibility index (Phi) is 10.8. The van der Waals surface area contributed by atoms with Crippen LogP contribution in [0.1, 0.15) is 18.1 Å². The molecule has 1 amide bonds. The van der Waals surface area contributed by atoms with Crippen LogP contribution in [0.4, 0.5) is 13.2 Å². The summed E-state index contributed by atoms with van der Waals surface area (Å²) in [6.07, 6.45) is 5.33. The molecule has 2 rings (SSSR count). The van der Waals surface area contributed by atoms with Crippen LogP contribution in [0.5, 0.6) is 5.75 Å². The molecule has 0 aliphatic heterocycles. The molecular formula is C22H25F3NO6PS. The van der Waals surface area contributed by atoms with E-state index >= 15 is 0 Å². The molecule has 0 saturated heterocycles. The summed E-state index contributed by atoms with van der Waals surface area (Å²) in [5.74, 6) is 1.70. The van der Waals surface area contributed by atoms with Gasteiger partial charge >= 0.3 is 15.6 Å². The van der Waals surface area contributed by atoms with Crippen molar-refractivity contribution in [2.75, 3.05) is 19.9 Å². The van der Waals surface area contributed by atoms with Gasteiger partial charge in [0.2, 0.25) is 5.91 Å². The van der Waals surface area contributed by atoms with Crippen LogP contribution < -0.4 is 9.50 Å². The minimum Gasteiger partial charge on any atom is -0.376 e. The number of alkyl halides is 3. The van der Waals surface area contributed by atoms with Gasteiger partial charge < -0.3 is 14.0 Å². The van der Waals surface area contributed by atoms with Crippen LogP contribution in [0.3, 0.4) is 0 Å². The molecule has 0 aromatic heterocycles. The lowest BCUT2D eigenvalue weighted by Gasteiger charge is -2.19. The van der Waals surface area contributed by atoms with E-state index in [0.29, 0.717) is 5.56 Å². The van der Waals surface area contributed by atoms with Crippen LogP contribution in [0.2, 0.25) is 0 Å². The van der Waals surface area contributed by atoms with Crippen molar-refractivity contribution < 1.29 is 39.7 Å². The van der Waals surface area contributed by atoms with Crippen molar-refractivity contribution >= 4 is 23.4 Å². The Balaban J connectivity index is 0.000000605. The highest BCUT2D eigenvalue weighted by molar-refractivity contribution is 7.88. The maximum absolute atomic E-state index is 12.3. The first-order chi connectivity index (χ1) is 15.6. The molecule has 0 bridgehead atoms. The van der Waals surface area contributed by atoms with Crippen molar-refractivity contribution in [3.63, 3.8) is 0 Å². The average Bonchev–Trinajstić information content (AvgIpc) is 2.72. The van der Waals surface area contributed by atoms with Crippen LogP contribution in [0.25, 0.3) is 0 Å². The fourth-order valence-corrected chi connectivity index (χ4v) is 3.38. The molecule has 0 aliphatic rings. The molecular weight excluding hydrogens is 494 g/mol. The Morgan fingerprint density at radius 3 is 2.09 bits per heavy atom. The average molecular weight is 519 g/mol. The summed E-state index contributed by atoms with van der Waals surface area (Å²) in [7, 11) is -8.50. The number of hydrogen-bond donors (Lipinski definition) is 1. The van der Waals surface area contributed by atoms with Crippen LogP contribution in [0.15, 0.2) is 54.6 Å². The number of hydrogen-bond acceptors (Lipinski definition) is 6. The number of amides is 1. The molecule has 0 unspecified atom stereocenters. The minimum absolute atomic E-state index is 0.0233. The molecule has 0 fully saturated rings. The van der Waals surface area contributed by atoms with Gasteiger partial charge in [-0.25, -0.2) is 0 Å². The fourth-order valence-electron chi connectivity index (χ4n) is 2.38. The molecule has 12 heteroatoms. The first-order valence-corrected chi connectivity index (χ1v) is 13.6. The smallest absolute Gasteiger partial charge is 0.376 e. The molecule has 1 atom stereocenters. The second-order valence-corrected chi connectivity index (χ2v) is 11.6. The van der Waals surface area contributed by atoms with Gasteiger partial charge in [0.25, 0.3) is 0 Å². The SMILES string of the molecule is C#Cc1ccccc1.CC(=O)N[C@@H](COP(C)(C)=O)Cc1ccc(OS(=O)(=O)C(F)(F)F)cc1. The van der Waals surface area contributed by atoms with E-state index in [0.717, 1.165) is 17.7 Å². The maximum Gasteiger partial charge on any atom is 0.534 e. The number of carbonyl (C=O) groups is 1. The third-order valence-corrected chi connectivity index (χ3v) is 5.58. The second kappa shape index (κ2) is 12.6. The quantitative estimate of drug-likeness (QED) is 0.243. The van der Waals surface area contributed by atoms with Gasteiger partial charge in [0.15, 0.2) is 7.37 Å². The predicted molar refractivity (Wildman–Crippen MR) is 123 cm³/mol. The van der Waals surface area contributed by atoms with Gasteiger partial charge in [-0.3, -0.25) is 9.36 Å². The zero-order valence-electron chi connectivity index (χ0n) is 18.7. The first kappa shape index (κ1) is 29.2. The summed E-state index contributed by atoms with van der Waals surface area (Å²) >= 11 is 0. The summed E-state index contributed by atoms with van der Waals surface area (Å²) in [6.45, 7) is 4.12. The molecule has 2 aromatic rings. The summed E-state index contributed by atoms with van der Waals surface area (Å²) in [6, 6.07) is 13.9. The lowest BCUT2D eigenvalue weighted by Crippen LogP contribution is -2.38. The van der Waals surface area contributed by atoms with E-state index < -0.39 is 34.8 Å². The normalized spacial score (nSPS) is 12.5. The number of benzene rings is 2. The van der Waals surface area contributed by atoms with Gasteiger partial charge in [0.1, 0.15) is 5.75 Å². The van der Waals surface area contributed by atoms with E-state index in [4.69, 9.17) is 10.9 Å². The van der Waals surface area contributed by atoms with E-state index in [1.165, 1.54) is 32.4 Å². The number of halogens is 3. The van der Waals surface area contributed by atoms with E-state index in [-0.39, 0.29) is 18.9 Å². The van der Waals surface area contributed by atoms with E-state index in [9.17, 15) is 30.9 Å². The molecule has 0 aliphatic carbocycles. The highest BCUT2D eigenvalue weighted by atomic mass is 32.2. The number of carbonyl (C=O) groups excluding carboxylic acids is 1. The molecule has 186 valence electrons. The fraction of sp³-hybridized carbons (Fsp3) is 0.318. The van der Waals surface area contributed by atoms with Crippen LogP contribution in [-0.2, 0) is 30.4 Å². The zero-order chi connectivity index (χ0) is 26.0. The second-order valence-electron chi connectivity index (χ2n) is 7.29. The lowest BCUT2D eigenvalue weighted by molar-refractivity contribution is -0.119. The van der Waals surface area contributed by atoms with Gasteiger partial charge in [-0.1, -0.05) is 36.3 Å². The summed E-state index contributed by atoms with van der Waals surface area (Å²) in [5.41, 5.74) is -4.01. The van der Waals surface area contributed by atoms with Gasteiger partial charge in [-0.05, 0) is 36.2 Å². The number of rotatable bonds is 8. The Bertz CT molecular complexity index is 1120. The molecule has 0 heterocycles. The van der Waals surface area contributed by atoms with Crippen molar-refractivity contribution in [3.8, 4) is 18.1 Å². The lowest BCUT2D eigenvalue weighted by atomic mass is 10.1. The number of terminal acetylenes is 1. The van der Waals surface area contributed by atoms with Crippen LogP contribution >= 0.6 is 7.37 Å². The maximum atomic E-state index is 12.3. The van der Waals surface area contributed by atoms with Crippen molar-refractivity contribution in [1.82, 2.24) is 5.32 Å². The molecule has 2 aromatic carbocycles. The van der Waals surface area contributed by atoms with Crippen molar-refractivity contribution in [2.24, 2.45) is 0 Å². The van der Waals surface area contributed by atoms with Crippen molar-refractivity contribution in [3.05, 3.63) is 65.7 Å². The molecule has 7 nitrogen and oxygen atoms in total. The Morgan fingerprint density at radius 2 is 1.68 bits per heavy atom. The number of nitrogens with one attached hydrogen (secondary N) is 1. The van der Waals surface area contributed by atoms with Crippen LogP contribution in [-0.4, -0.2) is 45.8 Å². The van der Waals surface area contributed by atoms with E-state index in [1.54, 1.807) is 0 Å². The van der Waals surface area contributed by atoms with Gasteiger partial charge in [0.05, 0.1) is 12.6 Å². The van der Waals surface area contributed by atoms with Crippen LogP contribution in [0, 0.1) is 12.3 Å². The molecule has 0 spiro atoms. The largest absolute Gasteiger partial charge is 0.534 e. The van der Waals surface area contributed by atoms with Crippen molar-refractivity contribution in [2.45, 2.75) is 24.9 Å². The predicted octanol–water partition coefficient (Wildman–Crippen LogP) is 4.18. The third kappa shape index (κ3) is 11.4. The summed E-state index contributed by atoms with van der Waals surface area (Å²) in [5, 5.41) is 2.61. The van der Waals surface area contributed by atoms with Crippen molar-refractivity contribution in [1.29, 1.82) is 0 Å². The zero-order valence-corrected chi connectivity index (χ0v) is 20.4. The topological polar surface area (TPSA) is 98.8 Å². The summed E-state index contributed by atoms with van der Waals surface area (Å²) < 4.78 is 79.6. The molecule has 1 N–H and O–H groups in total. The van der Waals surface area contributed by atoms with Gasteiger partial charge in [-0.15, -0.1) is 6.42 Å². The highest BCUT2D eigenvalue weighted by Gasteiger charge is 2.48. The highest BCUT2D eigenvalue weighted by Crippen LogP contribution is 2.37. The Labute approximate surface area is 197 Å². The van der Waals surface area contributed by atoms with Gasteiger partial charge in [0, 0.05) is 25.8 Å². The molecule has 34 heavy (non-hydrogen) atoms. The Hall–Kier alpha value is -2.80. The first-order valence-electron chi connectivity index (χ1n) is 9.71.